The molecule has 0 spiro atoms. The Hall–Kier alpha value is -3.67. The lowest BCUT2D eigenvalue weighted by molar-refractivity contribution is -0.137. The maximum Gasteiger partial charge on any atom is 0.417 e. The molecule has 1 saturated heterocycles. The number of aromatic nitrogens is 2. The molecule has 2 unspecified atom stereocenters. The molecule has 0 N–H and O–H groups in total. The molecule has 0 radical (unpaired) electrons. The number of halogens is 5. The van der Waals surface area contributed by atoms with Crippen LogP contribution in [-0.4, -0.2) is 51.3 Å². The van der Waals surface area contributed by atoms with E-state index in [4.69, 9.17) is 0 Å². The Kier molecular flexibility index (Phi) is 6.78. The molecular weight excluding hydrogens is 539 g/mol. The number of aryl methyl sites for hydroxylation is 1. The Bertz CT molecular complexity index is 1590. The third-order valence-corrected chi connectivity index (χ3v) is 8.06. The van der Waals surface area contributed by atoms with Gasteiger partial charge < -0.3 is 9.80 Å². The van der Waals surface area contributed by atoms with Crippen LogP contribution in [0.2, 0.25) is 0 Å². The molecule has 5 rings (SSSR count). The first-order valence-corrected chi connectivity index (χ1v) is 13.0. The molecule has 0 saturated carbocycles. The van der Waals surface area contributed by atoms with E-state index in [-0.39, 0.29) is 52.9 Å². The van der Waals surface area contributed by atoms with Gasteiger partial charge in [0.2, 0.25) is 5.91 Å². The molecule has 1 aromatic heterocycles. The van der Waals surface area contributed by atoms with Crippen molar-refractivity contribution >= 4 is 34.4 Å². The number of piperazine rings is 1. The number of hydrogen-bond donors (Lipinski definition) is 0. The average molecular weight is 563 g/mol. The number of alkyl halides is 3. The van der Waals surface area contributed by atoms with E-state index in [0.29, 0.717) is 6.07 Å². The second-order valence-corrected chi connectivity index (χ2v) is 10.5. The summed E-state index contributed by atoms with van der Waals surface area (Å²) in [5.41, 5.74) is -2.42. The zero-order valence-corrected chi connectivity index (χ0v) is 21.6. The summed E-state index contributed by atoms with van der Waals surface area (Å²) in [7, 11) is 0. The van der Waals surface area contributed by atoms with Crippen molar-refractivity contribution in [1.29, 1.82) is 0 Å². The van der Waals surface area contributed by atoms with Gasteiger partial charge in [-0.15, -0.1) is 18.3 Å². The van der Waals surface area contributed by atoms with Gasteiger partial charge in [-0.05, 0) is 31.2 Å². The van der Waals surface area contributed by atoms with Crippen LogP contribution in [0.4, 0.5) is 27.8 Å². The topological polar surface area (TPSA) is 58.4 Å². The third kappa shape index (κ3) is 4.50. The number of rotatable bonds is 4. The Balaban J connectivity index is 1.80. The van der Waals surface area contributed by atoms with E-state index in [1.165, 1.54) is 10.6 Å². The zero-order valence-electron chi connectivity index (χ0n) is 20.8. The summed E-state index contributed by atoms with van der Waals surface area (Å²) in [5.74, 6) is -2.08. The summed E-state index contributed by atoms with van der Waals surface area (Å²) in [5, 5.41) is 0.0777. The number of thioether (sulfide) groups is 1. The van der Waals surface area contributed by atoms with E-state index < -0.39 is 52.3 Å². The van der Waals surface area contributed by atoms with E-state index >= 15 is 0 Å². The summed E-state index contributed by atoms with van der Waals surface area (Å²) in [6, 6.07) is 2.37. The van der Waals surface area contributed by atoms with E-state index in [1.807, 2.05) is 0 Å². The number of carbonyl (C=O) groups excluding carboxylic acids is 1. The van der Waals surface area contributed by atoms with Crippen molar-refractivity contribution in [3.05, 3.63) is 77.3 Å². The van der Waals surface area contributed by atoms with Crippen LogP contribution in [0, 0.1) is 11.6 Å². The summed E-state index contributed by atoms with van der Waals surface area (Å²) in [6.07, 6.45) is -2.17. The molecule has 2 aromatic carbocycles. The maximum absolute atomic E-state index is 14.9. The summed E-state index contributed by atoms with van der Waals surface area (Å²) < 4.78 is 73.5. The molecule has 204 valence electrons. The predicted molar refractivity (Wildman–Crippen MR) is 140 cm³/mol. The summed E-state index contributed by atoms with van der Waals surface area (Å²) in [4.78, 5) is 33.1. The molecule has 2 aliphatic heterocycles. The summed E-state index contributed by atoms with van der Waals surface area (Å²) >= 11 is 1.08. The van der Waals surface area contributed by atoms with Crippen LogP contribution in [0.25, 0.3) is 22.0 Å². The average Bonchev–Trinajstić information content (AvgIpc) is 2.89. The van der Waals surface area contributed by atoms with E-state index in [9.17, 15) is 31.5 Å². The van der Waals surface area contributed by atoms with Gasteiger partial charge in [-0.1, -0.05) is 12.7 Å². The van der Waals surface area contributed by atoms with Crippen LogP contribution in [0.5, 0.6) is 0 Å². The van der Waals surface area contributed by atoms with Gasteiger partial charge >= 0.3 is 11.9 Å². The second-order valence-electron chi connectivity index (χ2n) is 9.37. The van der Waals surface area contributed by atoms with Gasteiger partial charge in [0.15, 0.2) is 0 Å². The number of amides is 1. The van der Waals surface area contributed by atoms with Gasteiger partial charge in [0.05, 0.1) is 17.1 Å². The van der Waals surface area contributed by atoms with Crippen molar-refractivity contribution < 1.29 is 26.7 Å². The maximum atomic E-state index is 14.9. The van der Waals surface area contributed by atoms with Crippen LogP contribution >= 0.6 is 11.8 Å². The predicted octanol–water partition coefficient (Wildman–Crippen LogP) is 5.24. The molecule has 3 aromatic rings. The molecule has 3 heterocycles. The minimum atomic E-state index is -4.90. The SMILES string of the molecule is C=CC(=O)N1C(C)CN(c2nc(=O)n3c4c(c(-c5ccc(F)cc5F)c(C(F)(F)F)cc24)SCC3)CC1C=C. The van der Waals surface area contributed by atoms with Crippen LogP contribution in [-0.2, 0) is 17.5 Å². The standard InChI is InChI=1S/C27H23F5N4O2S/c1-4-16-13-34(12-14(3)36(16)21(37)5-2)25-18-11-19(27(30,31)32)22(17-7-6-15(28)10-20(17)29)24-23(18)35(8-9-39-24)26(38)33-25/h4-7,10-11,14,16H,1-2,8-9,12-13H2,3H3. The third-order valence-electron chi connectivity index (χ3n) is 6.99. The van der Waals surface area contributed by atoms with Gasteiger partial charge in [0.25, 0.3) is 0 Å². The molecule has 1 amide bonds. The Morgan fingerprint density at radius 3 is 2.56 bits per heavy atom. The largest absolute Gasteiger partial charge is 0.417 e. The highest BCUT2D eigenvalue weighted by Gasteiger charge is 2.40. The highest BCUT2D eigenvalue weighted by Crippen LogP contribution is 2.49. The van der Waals surface area contributed by atoms with Crippen LogP contribution in [0.3, 0.4) is 0 Å². The number of carbonyl (C=O) groups is 1. The number of anilines is 1. The van der Waals surface area contributed by atoms with Crippen molar-refractivity contribution in [2.24, 2.45) is 0 Å². The van der Waals surface area contributed by atoms with Gasteiger partial charge in [-0.3, -0.25) is 9.36 Å². The number of hydrogen-bond acceptors (Lipinski definition) is 5. The molecule has 2 atom stereocenters. The molecule has 0 bridgehead atoms. The lowest BCUT2D eigenvalue weighted by atomic mass is 9.95. The minimum absolute atomic E-state index is 0.0380. The van der Waals surface area contributed by atoms with Crippen molar-refractivity contribution in [2.75, 3.05) is 23.7 Å². The molecule has 12 heteroatoms. The normalized spacial score (nSPS) is 19.3. The number of benzene rings is 2. The molecule has 0 aliphatic carbocycles. The number of nitrogens with zero attached hydrogens (tertiary/aromatic N) is 4. The van der Waals surface area contributed by atoms with Crippen molar-refractivity contribution in [2.45, 2.75) is 36.6 Å². The molecule has 6 nitrogen and oxygen atoms in total. The Morgan fingerprint density at radius 1 is 1.18 bits per heavy atom. The first kappa shape index (κ1) is 26.9. The highest BCUT2D eigenvalue weighted by molar-refractivity contribution is 7.99. The van der Waals surface area contributed by atoms with Crippen LogP contribution in [0.15, 0.2) is 59.3 Å². The quantitative estimate of drug-likeness (QED) is 0.247. The van der Waals surface area contributed by atoms with E-state index in [0.717, 1.165) is 30.0 Å². The fourth-order valence-electron chi connectivity index (χ4n) is 5.37. The first-order valence-electron chi connectivity index (χ1n) is 12.1. The van der Waals surface area contributed by atoms with Gasteiger partial charge in [0.1, 0.15) is 17.5 Å². The van der Waals surface area contributed by atoms with Crippen molar-refractivity contribution in [1.82, 2.24) is 14.5 Å². The minimum Gasteiger partial charge on any atom is -0.351 e. The summed E-state index contributed by atoms with van der Waals surface area (Å²) in [6.45, 7) is 9.62. The first-order chi connectivity index (χ1) is 18.5. The van der Waals surface area contributed by atoms with Crippen molar-refractivity contribution in [3.8, 4) is 11.1 Å². The fraction of sp³-hybridized carbons (Fsp3) is 0.296. The Morgan fingerprint density at radius 2 is 1.92 bits per heavy atom. The molecular formula is C27H23F5N4O2S. The van der Waals surface area contributed by atoms with Crippen molar-refractivity contribution in [3.63, 3.8) is 0 Å². The van der Waals surface area contributed by atoms with E-state index in [2.05, 4.69) is 18.1 Å². The zero-order chi connectivity index (χ0) is 28.2. The molecule has 2 aliphatic rings. The second kappa shape index (κ2) is 9.82. The van der Waals surface area contributed by atoms with Gasteiger partial charge in [0, 0.05) is 58.9 Å². The smallest absolute Gasteiger partial charge is 0.351 e. The molecule has 1 fully saturated rings. The highest BCUT2D eigenvalue weighted by atomic mass is 32.2. The Labute approximate surface area is 224 Å². The van der Waals surface area contributed by atoms with E-state index in [1.54, 1.807) is 22.8 Å². The van der Waals surface area contributed by atoms with Gasteiger partial charge in [-0.2, -0.15) is 18.2 Å². The van der Waals surface area contributed by atoms with Crippen LogP contribution in [0.1, 0.15) is 12.5 Å². The lowest BCUT2D eigenvalue weighted by Crippen LogP contribution is -2.59. The monoisotopic (exact) mass is 562 g/mol. The molecule has 39 heavy (non-hydrogen) atoms. The fourth-order valence-corrected chi connectivity index (χ4v) is 6.57. The van der Waals surface area contributed by atoms with Crippen LogP contribution < -0.4 is 10.6 Å². The lowest BCUT2D eigenvalue weighted by Gasteiger charge is -2.45. The van der Waals surface area contributed by atoms with Gasteiger partial charge in [-0.25, -0.2) is 13.6 Å².